The molecule has 0 saturated heterocycles. The summed E-state index contributed by atoms with van der Waals surface area (Å²) < 4.78 is 13.3. The van der Waals surface area contributed by atoms with Crippen molar-refractivity contribution >= 4 is 45.8 Å². The second kappa shape index (κ2) is 6.40. The van der Waals surface area contributed by atoms with Crippen molar-refractivity contribution in [3.05, 3.63) is 40.2 Å². The Labute approximate surface area is 156 Å². The zero-order valence-corrected chi connectivity index (χ0v) is 15.0. The van der Waals surface area contributed by atoms with Crippen LogP contribution in [0.3, 0.4) is 0 Å². The number of halogens is 1. The van der Waals surface area contributed by atoms with Gasteiger partial charge in [-0.2, -0.15) is 4.98 Å². The van der Waals surface area contributed by atoms with Crippen LogP contribution >= 0.6 is 11.6 Å². The first-order valence-corrected chi connectivity index (χ1v) is 8.14. The number of fused-ring (bicyclic) bond motifs is 2. The van der Waals surface area contributed by atoms with Gasteiger partial charge in [-0.3, -0.25) is 14.9 Å². The summed E-state index contributed by atoms with van der Waals surface area (Å²) in [5.41, 5.74) is 1.10. The summed E-state index contributed by atoms with van der Waals surface area (Å²) in [5, 5.41) is 2.91. The van der Waals surface area contributed by atoms with Crippen LogP contribution in [-0.4, -0.2) is 37.1 Å². The average Bonchev–Trinajstić information content (AvgIpc) is 3.20. The van der Waals surface area contributed by atoms with Gasteiger partial charge in [-0.05, 0) is 0 Å². The molecule has 0 aliphatic rings. The predicted octanol–water partition coefficient (Wildman–Crippen LogP) is 1.57. The fraction of sp³-hybridized carbons (Fsp3) is 0.188. The van der Waals surface area contributed by atoms with Crippen molar-refractivity contribution < 1.29 is 13.9 Å². The van der Waals surface area contributed by atoms with Crippen LogP contribution in [0.4, 0.5) is 6.01 Å². The van der Waals surface area contributed by atoms with Gasteiger partial charge in [0, 0.05) is 19.2 Å². The Hall–Kier alpha value is -3.40. The largest absolute Gasteiger partial charge is 0.495 e. The summed E-state index contributed by atoms with van der Waals surface area (Å²) in [6.45, 7) is -0.153. The number of hydrogen-bond donors (Lipinski definition) is 1. The molecular formula is C16H13ClN6O4. The molecule has 4 rings (SSSR count). The van der Waals surface area contributed by atoms with Crippen LogP contribution in [0.15, 0.2) is 34.0 Å². The number of anilines is 1. The second-order valence-corrected chi connectivity index (χ2v) is 6.13. The van der Waals surface area contributed by atoms with Gasteiger partial charge in [-0.1, -0.05) is 11.6 Å². The number of hydrogen-bond acceptors (Lipinski definition) is 7. The van der Waals surface area contributed by atoms with Gasteiger partial charge in [-0.25, -0.2) is 9.97 Å². The van der Waals surface area contributed by atoms with Gasteiger partial charge in [0.05, 0.1) is 24.8 Å². The number of carbonyl (C=O) groups excluding carboxylic acids is 1. The molecule has 0 spiro atoms. The molecule has 11 heteroatoms. The van der Waals surface area contributed by atoms with E-state index in [0.29, 0.717) is 21.9 Å². The maximum atomic E-state index is 12.3. The number of ether oxygens (including phenoxy) is 1. The molecule has 1 aromatic carbocycles. The van der Waals surface area contributed by atoms with Crippen molar-refractivity contribution in [1.82, 2.24) is 24.1 Å². The molecule has 3 aromatic heterocycles. The Kier molecular flexibility index (Phi) is 4.04. The number of imidazole rings is 1. The number of benzene rings is 1. The van der Waals surface area contributed by atoms with E-state index in [1.165, 1.54) is 28.9 Å². The molecule has 4 aromatic rings. The van der Waals surface area contributed by atoms with Crippen molar-refractivity contribution in [2.75, 3.05) is 12.4 Å². The van der Waals surface area contributed by atoms with E-state index in [0.717, 1.165) is 0 Å². The minimum atomic E-state index is -0.440. The third-order valence-corrected chi connectivity index (χ3v) is 4.21. The first kappa shape index (κ1) is 17.0. The number of nitrogens with zero attached hydrogens (tertiary/aromatic N) is 5. The van der Waals surface area contributed by atoms with E-state index in [4.69, 9.17) is 20.8 Å². The van der Waals surface area contributed by atoms with Crippen molar-refractivity contribution in [1.29, 1.82) is 0 Å². The molecule has 0 aliphatic carbocycles. The Morgan fingerprint density at radius 1 is 1.33 bits per heavy atom. The van der Waals surface area contributed by atoms with E-state index in [1.807, 2.05) is 0 Å². The summed E-state index contributed by atoms with van der Waals surface area (Å²) >= 11 is 6.05. The highest BCUT2D eigenvalue weighted by atomic mass is 35.5. The molecule has 0 radical (unpaired) electrons. The molecule has 3 heterocycles. The molecular weight excluding hydrogens is 376 g/mol. The van der Waals surface area contributed by atoms with Crippen LogP contribution < -0.4 is 15.6 Å². The summed E-state index contributed by atoms with van der Waals surface area (Å²) in [6.07, 6.45) is 2.76. The molecule has 138 valence electrons. The maximum absolute atomic E-state index is 12.3. The Bertz CT molecular complexity index is 1240. The van der Waals surface area contributed by atoms with Gasteiger partial charge in [-0.15, -0.1) is 0 Å². The number of aromatic nitrogens is 5. The van der Waals surface area contributed by atoms with Crippen LogP contribution in [-0.2, 0) is 18.4 Å². The lowest BCUT2D eigenvalue weighted by molar-refractivity contribution is -0.116. The number of oxazole rings is 1. The van der Waals surface area contributed by atoms with Crippen LogP contribution in [0, 0.1) is 0 Å². The van der Waals surface area contributed by atoms with Gasteiger partial charge < -0.3 is 18.3 Å². The van der Waals surface area contributed by atoms with Gasteiger partial charge in [0.2, 0.25) is 5.91 Å². The molecule has 0 unspecified atom stereocenters. The number of amides is 1. The van der Waals surface area contributed by atoms with Crippen molar-refractivity contribution in [3.8, 4) is 5.75 Å². The van der Waals surface area contributed by atoms with Gasteiger partial charge in [0.25, 0.3) is 5.56 Å². The monoisotopic (exact) mass is 388 g/mol. The fourth-order valence-corrected chi connectivity index (χ4v) is 2.85. The van der Waals surface area contributed by atoms with E-state index >= 15 is 0 Å². The molecule has 0 atom stereocenters. The summed E-state index contributed by atoms with van der Waals surface area (Å²) in [6, 6.07) is 3.17. The molecule has 1 N–H and O–H groups in total. The lowest BCUT2D eigenvalue weighted by Gasteiger charge is -2.03. The van der Waals surface area contributed by atoms with Crippen molar-refractivity contribution in [2.45, 2.75) is 6.54 Å². The predicted molar refractivity (Wildman–Crippen MR) is 97.0 cm³/mol. The zero-order valence-electron chi connectivity index (χ0n) is 14.3. The zero-order chi connectivity index (χ0) is 19.1. The summed E-state index contributed by atoms with van der Waals surface area (Å²) in [5.74, 6) is 0.00778. The maximum Gasteiger partial charge on any atom is 0.302 e. The highest BCUT2D eigenvalue weighted by molar-refractivity contribution is 6.32. The molecule has 10 nitrogen and oxygen atoms in total. The second-order valence-electron chi connectivity index (χ2n) is 5.73. The highest BCUT2D eigenvalue weighted by Crippen LogP contribution is 2.31. The van der Waals surface area contributed by atoms with E-state index in [-0.39, 0.29) is 29.3 Å². The topological polar surface area (TPSA) is 117 Å². The number of aryl methyl sites for hydroxylation is 1. The van der Waals surface area contributed by atoms with Crippen LogP contribution in [0.1, 0.15) is 0 Å². The summed E-state index contributed by atoms with van der Waals surface area (Å²) in [4.78, 5) is 36.9. The van der Waals surface area contributed by atoms with Crippen LogP contribution in [0.2, 0.25) is 5.02 Å². The van der Waals surface area contributed by atoms with Gasteiger partial charge >= 0.3 is 6.01 Å². The Morgan fingerprint density at radius 3 is 2.89 bits per heavy atom. The highest BCUT2D eigenvalue weighted by Gasteiger charge is 2.15. The third-order valence-electron chi connectivity index (χ3n) is 3.92. The number of nitrogens with one attached hydrogen (secondary N) is 1. The fourth-order valence-electron chi connectivity index (χ4n) is 2.62. The van der Waals surface area contributed by atoms with E-state index in [9.17, 15) is 9.59 Å². The first-order valence-electron chi connectivity index (χ1n) is 7.76. The van der Waals surface area contributed by atoms with Crippen molar-refractivity contribution in [3.63, 3.8) is 0 Å². The first-order chi connectivity index (χ1) is 13.0. The number of methoxy groups -OCH3 is 1. The van der Waals surface area contributed by atoms with E-state index < -0.39 is 5.91 Å². The van der Waals surface area contributed by atoms with E-state index in [2.05, 4.69) is 20.3 Å². The average molecular weight is 389 g/mol. The lowest BCUT2D eigenvalue weighted by atomic mass is 10.3. The normalized spacial score (nSPS) is 11.2. The standard InChI is InChI=1S/C16H13ClN6O4/c1-22-6-18-14-13(15(22)25)23(7-19-14)5-12(24)21-16-20-9-4-10(26-2)8(17)3-11(9)27-16/h3-4,6-7H,5H2,1-2H3,(H,20,21,24). The Morgan fingerprint density at radius 2 is 2.11 bits per heavy atom. The molecule has 1 amide bonds. The SMILES string of the molecule is COc1cc2nc(NC(=O)Cn3cnc4ncn(C)c(=O)c43)oc2cc1Cl. The molecule has 27 heavy (non-hydrogen) atoms. The third kappa shape index (κ3) is 2.99. The molecule has 0 aliphatic heterocycles. The molecule has 0 fully saturated rings. The van der Waals surface area contributed by atoms with Crippen LogP contribution in [0.5, 0.6) is 5.75 Å². The lowest BCUT2D eigenvalue weighted by Crippen LogP contribution is -2.23. The quantitative estimate of drug-likeness (QED) is 0.563. The van der Waals surface area contributed by atoms with Crippen molar-refractivity contribution in [2.24, 2.45) is 7.05 Å². The molecule has 0 saturated carbocycles. The van der Waals surface area contributed by atoms with Gasteiger partial charge in [0.15, 0.2) is 16.7 Å². The number of carbonyl (C=O) groups is 1. The molecule has 0 bridgehead atoms. The summed E-state index contributed by atoms with van der Waals surface area (Å²) in [7, 11) is 3.06. The Balaban J connectivity index is 1.59. The minimum Gasteiger partial charge on any atom is -0.495 e. The smallest absolute Gasteiger partial charge is 0.302 e. The minimum absolute atomic E-state index is 0.00904. The van der Waals surface area contributed by atoms with E-state index in [1.54, 1.807) is 19.2 Å². The number of rotatable bonds is 4. The van der Waals surface area contributed by atoms with Gasteiger partial charge in [0.1, 0.15) is 17.8 Å². The van der Waals surface area contributed by atoms with Crippen LogP contribution in [0.25, 0.3) is 22.3 Å².